The van der Waals surface area contributed by atoms with E-state index in [1.54, 1.807) is 0 Å². The molecule has 2 aromatic rings. The van der Waals surface area contributed by atoms with Gasteiger partial charge in [0.05, 0.1) is 23.7 Å². The standard InChI is InChI=1S/C26H38N4O3/c1-3-4-5-6-17(2)28-26-27-16-24-22(18-7-9-20(10-8-18)25(32)33)15-23(30(24)29-26)19-11-13-21(31)14-12-19/h7,15-17,19-21,31H,3-6,8-14H2,1-2H3,(H,28,29)(H,32,33)/t17-,19-,20?,21-/m0/s1. The molecule has 2 heterocycles. The molecular weight excluding hydrogens is 416 g/mol. The first-order chi connectivity index (χ1) is 16.0. The number of carbonyl (C=O) groups is 1. The summed E-state index contributed by atoms with van der Waals surface area (Å²) in [5, 5.41) is 27.7. The second-order valence-corrected chi connectivity index (χ2v) is 9.95. The highest BCUT2D eigenvalue weighted by Crippen LogP contribution is 2.39. The number of fused-ring (bicyclic) bond motifs is 1. The van der Waals surface area contributed by atoms with E-state index in [-0.39, 0.29) is 12.0 Å². The summed E-state index contributed by atoms with van der Waals surface area (Å²) in [5.41, 5.74) is 4.49. The first kappa shape index (κ1) is 23.7. The van der Waals surface area contributed by atoms with E-state index in [9.17, 15) is 15.0 Å². The molecule has 0 aromatic carbocycles. The van der Waals surface area contributed by atoms with Crippen LogP contribution in [0.4, 0.5) is 5.95 Å². The Kier molecular flexibility index (Phi) is 7.68. The Balaban J connectivity index is 1.64. The van der Waals surface area contributed by atoms with Crippen LogP contribution in [0.1, 0.15) is 102 Å². The number of carboxylic acid groups (broad SMARTS) is 1. The smallest absolute Gasteiger partial charge is 0.306 e. The molecule has 2 atom stereocenters. The third-order valence-corrected chi connectivity index (χ3v) is 7.38. The third-order valence-electron chi connectivity index (χ3n) is 7.38. The lowest BCUT2D eigenvalue weighted by Gasteiger charge is -2.25. The molecule has 2 aliphatic carbocycles. The summed E-state index contributed by atoms with van der Waals surface area (Å²) in [4.78, 5) is 16.0. The maximum absolute atomic E-state index is 11.4. The predicted molar refractivity (Wildman–Crippen MR) is 130 cm³/mol. The lowest BCUT2D eigenvalue weighted by molar-refractivity contribution is -0.141. The van der Waals surface area contributed by atoms with Crippen LogP contribution < -0.4 is 5.32 Å². The van der Waals surface area contributed by atoms with Gasteiger partial charge >= 0.3 is 5.97 Å². The number of aliphatic carboxylic acids is 1. The van der Waals surface area contributed by atoms with Crippen molar-refractivity contribution in [3.05, 3.63) is 29.6 Å². The van der Waals surface area contributed by atoms with Gasteiger partial charge in [-0.25, -0.2) is 9.50 Å². The van der Waals surface area contributed by atoms with Crippen molar-refractivity contribution in [3.63, 3.8) is 0 Å². The summed E-state index contributed by atoms with van der Waals surface area (Å²) >= 11 is 0. The minimum atomic E-state index is -0.708. The van der Waals surface area contributed by atoms with Crippen LogP contribution in [0.5, 0.6) is 0 Å². The molecule has 180 valence electrons. The Morgan fingerprint density at radius 2 is 2.03 bits per heavy atom. The number of hydrogen-bond acceptors (Lipinski definition) is 5. The maximum atomic E-state index is 11.4. The van der Waals surface area contributed by atoms with Crippen LogP contribution in [0, 0.1) is 5.92 Å². The highest BCUT2D eigenvalue weighted by Gasteiger charge is 2.28. The molecule has 2 aromatic heterocycles. The lowest BCUT2D eigenvalue weighted by Crippen LogP contribution is -2.20. The normalized spacial score (nSPS) is 24.5. The van der Waals surface area contributed by atoms with E-state index in [0.29, 0.717) is 30.7 Å². The molecule has 1 saturated carbocycles. The summed E-state index contributed by atoms with van der Waals surface area (Å²) < 4.78 is 2.05. The second kappa shape index (κ2) is 10.7. The number of carboxylic acids is 1. The molecule has 0 spiro atoms. The molecule has 0 amide bonds. The zero-order chi connectivity index (χ0) is 23.4. The minimum Gasteiger partial charge on any atom is -0.481 e. The Labute approximate surface area is 196 Å². The van der Waals surface area contributed by atoms with Gasteiger partial charge in [0.2, 0.25) is 5.95 Å². The molecule has 0 radical (unpaired) electrons. The molecule has 4 rings (SSSR count). The van der Waals surface area contributed by atoms with Gasteiger partial charge < -0.3 is 15.5 Å². The molecule has 1 unspecified atom stereocenters. The van der Waals surface area contributed by atoms with E-state index in [0.717, 1.165) is 49.6 Å². The Morgan fingerprint density at radius 1 is 1.24 bits per heavy atom. The monoisotopic (exact) mass is 454 g/mol. The molecule has 0 bridgehead atoms. The van der Waals surface area contributed by atoms with Gasteiger partial charge in [0.1, 0.15) is 0 Å². The van der Waals surface area contributed by atoms with Crippen molar-refractivity contribution in [3.8, 4) is 0 Å². The van der Waals surface area contributed by atoms with E-state index in [2.05, 4.69) is 40.8 Å². The average Bonchev–Trinajstić information content (AvgIpc) is 3.18. The van der Waals surface area contributed by atoms with Crippen molar-refractivity contribution in [2.45, 2.75) is 103 Å². The first-order valence-corrected chi connectivity index (χ1v) is 12.7. The summed E-state index contributed by atoms with van der Waals surface area (Å²) in [5.74, 6) is 0.00780. The van der Waals surface area contributed by atoms with Gasteiger partial charge in [0, 0.05) is 23.2 Å². The van der Waals surface area contributed by atoms with Crippen LogP contribution in [0.15, 0.2) is 18.3 Å². The van der Waals surface area contributed by atoms with E-state index in [4.69, 9.17) is 5.10 Å². The van der Waals surface area contributed by atoms with E-state index in [1.807, 2.05) is 6.20 Å². The van der Waals surface area contributed by atoms with Crippen LogP contribution in [0.2, 0.25) is 0 Å². The van der Waals surface area contributed by atoms with Gasteiger partial charge in [-0.15, -0.1) is 5.10 Å². The molecule has 2 aliphatic rings. The SMILES string of the molecule is CCCCC[C@H](C)Nc1ncc2c(C3=CCC(C(=O)O)CC3)cc([C@H]3CC[C@H](O)CC3)n2n1. The average molecular weight is 455 g/mol. The molecule has 33 heavy (non-hydrogen) atoms. The summed E-state index contributed by atoms with van der Waals surface area (Å²) in [6.45, 7) is 4.40. The highest BCUT2D eigenvalue weighted by atomic mass is 16.4. The number of unbranched alkanes of at least 4 members (excludes halogenated alkanes) is 2. The van der Waals surface area contributed by atoms with Crippen LogP contribution in [0.25, 0.3) is 11.1 Å². The van der Waals surface area contributed by atoms with Crippen molar-refractivity contribution in [1.29, 1.82) is 0 Å². The predicted octanol–water partition coefficient (Wildman–Crippen LogP) is 5.40. The van der Waals surface area contributed by atoms with Crippen LogP contribution in [-0.4, -0.2) is 42.9 Å². The van der Waals surface area contributed by atoms with Crippen molar-refractivity contribution >= 4 is 23.0 Å². The molecule has 1 fully saturated rings. The number of aliphatic hydroxyl groups excluding tert-OH is 1. The summed E-state index contributed by atoms with van der Waals surface area (Å²) in [7, 11) is 0. The fraction of sp³-hybridized carbons (Fsp3) is 0.654. The van der Waals surface area contributed by atoms with E-state index in [1.165, 1.54) is 30.5 Å². The van der Waals surface area contributed by atoms with Gasteiger partial charge in [-0.05, 0) is 69.9 Å². The third kappa shape index (κ3) is 5.57. The van der Waals surface area contributed by atoms with Gasteiger partial charge in [-0.2, -0.15) is 0 Å². The number of rotatable bonds is 9. The van der Waals surface area contributed by atoms with Gasteiger partial charge in [0.15, 0.2) is 0 Å². The molecular formula is C26H38N4O3. The van der Waals surface area contributed by atoms with Crippen molar-refractivity contribution in [1.82, 2.24) is 14.6 Å². The quantitative estimate of drug-likeness (QED) is 0.439. The van der Waals surface area contributed by atoms with E-state index < -0.39 is 5.97 Å². The Bertz CT molecular complexity index is 991. The van der Waals surface area contributed by atoms with Crippen LogP contribution in [-0.2, 0) is 4.79 Å². The number of hydrogen-bond donors (Lipinski definition) is 3. The molecule has 7 nitrogen and oxygen atoms in total. The fourth-order valence-corrected chi connectivity index (χ4v) is 5.30. The highest BCUT2D eigenvalue weighted by molar-refractivity contribution is 5.81. The largest absolute Gasteiger partial charge is 0.481 e. The Hall–Kier alpha value is -2.41. The van der Waals surface area contributed by atoms with Gasteiger partial charge in [-0.1, -0.05) is 32.3 Å². The summed E-state index contributed by atoms with van der Waals surface area (Å²) in [6, 6.07) is 2.56. The zero-order valence-corrected chi connectivity index (χ0v) is 20.0. The van der Waals surface area contributed by atoms with Crippen LogP contribution in [0.3, 0.4) is 0 Å². The number of nitrogens with one attached hydrogen (secondary N) is 1. The number of anilines is 1. The number of aliphatic hydroxyl groups is 1. The Morgan fingerprint density at radius 3 is 2.70 bits per heavy atom. The molecule has 3 N–H and O–H groups in total. The minimum absolute atomic E-state index is 0.197. The molecule has 0 aliphatic heterocycles. The lowest BCUT2D eigenvalue weighted by atomic mass is 9.84. The van der Waals surface area contributed by atoms with Gasteiger partial charge in [-0.3, -0.25) is 4.79 Å². The maximum Gasteiger partial charge on any atom is 0.306 e. The van der Waals surface area contributed by atoms with Crippen LogP contribution >= 0.6 is 0 Å². The topological polar surface area (TPSA) is 99.8 Å². The number of nitrogens with zero attached hydrogens (tertiary/aromatic N) is 3. The fourth-order valence-electron chi connectivity index (χ4n) is 5.30. The second-order valence-electron chi connectivity index (χ2n) is 9.95. The van der Waals surface area contributed by atoms with Crippen molar-refractivity contribution in [2.24, 2.45) is 5.92 Å². The molecule has 7 heteroatoms. The van der Waals surface area contributed by atoms with Crippen molar-refractivity contribution < 1.29 is 15.0 Å². The van der Waals surface area contributed by atoms with E-state index >= 15 is 0 Å². The zero-order valence-electron chi connectivity index (χ0n) is 20.0. The first-order valence-electron chi connectivity index (χ1n) is 12.7. The number of allylic oxidation sites excluding steroid dienone is 2. The van der Waals surface area contributed by atoms with Crippen molar-refractivity contribution in [2.75, 3.05) is 5.32 Å². The molecule has 0 saturated heterocycles. The summed E-state index contributed by atoms with van der Waals surface area (Å²) in [6.07, 6.45) is 14.1. The number of aromatic nitrogens is 3. The van der Waals surface area contributed by atoms with Gasteiger partial charge in [0.25, 0.3) is 0 Å².